The van der Waals surface area contributed by atoms with Gasteiger partial charge in [0.15, 0.2) is 0 Å². The Hall–Kier alpha value is -2.22. The molecular weight excluding hydrogens is 344 g/mol. The molecule has 2 nitrogen and oxygen atoms in total. The average molecular weight is 377 g/mol. The van der Waals surface area contributed by atoms with Gasteiger partial charge in [0.25, 0.3) is 0 Å². The highest BCUT2D eigenvalue weighted by molar-refractivity contribution is 5.98. The molecule has 2 heteroatoms. The van der Waals surface area contributed by atoms with E-state index in [2.05, 4.69) is 64.1 Å². The summed E-state index contributed by atoms with van der Waals surface area (Å²) in [5, 5.41) is 0. The molecule has 2 aliphatic carbocycles. The van der Waals surface area contributed by atoms with Crippen LogP contribution in [-0.4, -0.2) is 14.2 Å². The number of ether oxygens (including phenoxy) is 2. The van der Waals surface area contributed by atoms with E-state index in [1.807, 2.05) is 0 Å². The Kier molecular flexibility index (Phi) is 4.56. The molecule has 0 amide bonds. The van der Waals surface area contributed by atoms with Crippen molar-refractivity contribution in [3.63, 3.8) is 0 Å². The van der Waals surface area contributed by atoms with Gasteiger partial charge in [0.1, 0.15) is 11.5 Å². The van der Waals surface area contributed by atoms with Crippen LogP contribution in [0.1, 0.15) is 62.8 Å². The molecule has 0 bridgehead atoms. The van der Waals surface area contributed by atoms with E-state index < -0.39 is 0 Å². The highest BCUT2D eigenvalue weighted by atomic mass is 16.5. The summed E-state index contributed by atoms with van der Waals surface area (Å²) in [6.07, 6.45) is 4.53. The molecule has 28 heavy (non-hydrogen) atoms. The molecule has 0 fully saturated rings. The molecule has 2 aromatic rings. The Bertz CT molecular complexity index is 869. The first-order chi connectivity index (χ1) is 13.3. The predicted molar refractivity (Wildman–Crippen MR) is 117 cm³/mol. The fraction of sp³-hybridized carbons (Fsp3) is 0.462. The Labute approximate surface area is 169 Å². The highest BCUT2D eigenvalue weighted by Crippen LogP contribution is 2.56. The maximum atomic E-state index is 5.51. The van der Waals surface area contributed by atoms with Gasteiger partial charge in [-0.05, 0) is 94.2 Å². The molecule has 0 saturated carbocycles. The van der Waals surface area contributed by atoms with Crippen molar-refractivity contribution in [3.05, 3.63) is 58.7 Å². The first-order valence-corrected chi connectivity index (χ1v) is 10.4. The van der Waals surface area contributed by atoms with Crippen molar-refractivity contribution in [1.82, 2.24) is 0 Å². The van der Waals surface area contributed by atoms with Gasteiger partial charge in [0.2, 0.25) is 0 Å². The molecule has 4 rings (SSSR count). The number of hydrogen-bond acceptors (Lipinski definition) is 2. The number of hydrogen-bond donors (Lipinski definition) is 0. The van der Waals surface area contributed by atoms with Crippen LogP contribution in [-0.2, 0) is 12.8 Å². The summed E-state index contributed by atoms with van der Waals surface area (Å²) >= 11 is 0. The number of methoxy groups -OCH3 is 2. The third-order valence-corrected chi connectivity index (χ3v) is 6.81. The third-order valence-electron chi connectivity index (χ3n) is 6.81. The lowest BCUT2D eigenvalue weighted by molar-refractivity contribution is 0.404. The third kappa shape index (κ3) is 3.03. The maximum absolute atomic E-state index is 5.51. The number of benzene rings is 2. The minimum atomic E-state index is 0.142. The molecule has 0 heterocycles. The van der Waals surface area contributed by atoms with Crippen LogP contribution in [0.15, 0.2) is 36.4 Å². The van der Waals surface area contributed by atoms with Gasteiger partial charge in [-0.3, -0.25) is 0 Å². The molecule has 0 spiro atoms. The maximum Gasteiger partial charge on any atom is 0.119 e. The van der Waals surface area contributed by atoms with Crippen LogP contribution in [0.2, 0.25) is 0 Å². The zero-order valence-electron chi connectivity index (χ0n) is 18.1. The van der Waals surface area contributed by atoms with Crippen molar-refractivity contribution in [2.75, 3.05) is 14.2 Å². The molecule has 148 valence electrons. The zero-order chi connectivity index (χ0) is 20.1. The van der Waals surface area contributed by atoms with E-state index in [4.69, 9.17) is 9.47 Å². The van der Waals surface area contributed by atoms with E-state index in [1.54, 1.807) is 14.2 Å². The van der Waals surface area contributed by atoms with Gasteiger partial charge in [-0.15, -0.1) is 0 Å². The molecule has 0 saturated heterocycles. The Balaban J connectivity index is 2.03. The summed E-state index contributed by atoms with van der Waals surface area (Å²) in [5.41, 5.74) is 8.97. The summed E-state index contributed by atoms with van der Waals surface area (Å²) in [7, 11) is 3.50. The number of allylic oxidation sites excluding steroid dienone is 2. The van der Waals surface area contributed by atoms with Crippen LogP contribution >= 0.6 is 0 Å². The molecule has 0 atom stereocenters. The van der Waals surface area contributed by atoms with E-state index in [1.165, 1.54) is 33.4 Å². The van der Waals surface area contributed by atoms with Crippen LogP contribution in [0, 0.1) is 10.8 Å². The second kappa shape index (κ2) is 6.69. The van der Waals surface area contributed by atoms with Gasteiger partial charge in [-0.2, -0.15) is 0 Å². The summed E-state index contributed by atoms with van der Waals surface area (Å²) in [5.74, 6) is 1.91. The lowest BCUT2D eigenvalue weighted by atomic mass is 9.60. The summed E-state index contributed by atoms with van der Waals surface area (Å²) < 4.78 is 11.0. The SMILES string of the molecule is COc1ccc2c(c1)CCC(C)(C)/C2=C1\c2ccc(OC)cc2CCC1(C)C. The molecule has 0 aliphatic heterocycles. The lowest BCUT2D eigenvalue weighted by Gasteiger charge is -2.43. The first kappa shape index (κ1) is 19.1. The monoisotopic (exact) mass is 376 g/mol. The number of fused-ring (bicyclic) bond motifs is 2. The van der Waals surface area contributed by atoms with Crippen LogP contribution in [0.4, 0.5) is 0 Å². The van der Waals surface area contributed by atoms with Crippen molar-refractivity contribution in [1.29, 1.82) is 0 Å². The summed E-state index contributed by atoms with van der Waals surface area (Å²) in [4.78, 5) is 0. The zero-order valence-corrected chi connectivity index (χ0v) is 18.1. The normalized spacial score (nSPS) is 22.2. The Morgan fingerprint density at radius 2 is 1.04 bits per heavy atom. The minimum absolute atomic E-state index is 0.142. The molecular formula is C26H32O2. The van der Waals surface area contributed by atoms with Gasteiger partial charge in [-0.25, -0.2) is 0 Å². The molecule has 2 aliphatic rings. The standard InChI is InChI=1S/C26H32O2/c1-25(2)13-11-17-15-19(27-5)7-9-21(17)23(25)24-22-10-8-20(28-6)16-18(22)12-14-26(24,3)4/h7-10,15-16H,11-14H2,1-6H3/b24-23+. The average Bonchev–Trinajstić information content (AvgIpc) is 2.67. The quantitative estimate of drug-likeness (QED) is 0.591. The molecule has 2 aromatic carbocycles. The fourth-order valence-corrected chi connectivity index (χ4v) is 5.12. The van der Waals surface area contributed by atoms with Crippen molar-refractivity contribution < 1.29 is 9.47 Å². The van der Waals surface area contributed by atoms with Gasteiger partial charge >= 0.3 is 0 Å². The highest BCUT2D eigenvalue weighted by Gasteiger charge is 2.40. The Morgan fingerprint density at radius 3 is 1.39 bits per heavy atom. The molecule has 0 aromatic heterocycles. The van der Waals surface area contributed by atoms with Gasteiger partial charge < -0.3 is 9.47 Å². The van der Waals surface area contributed by atoms with Crippen molar-refractivity contribution >= 4 is 11.1 Å². The van der Waals surface area contributed by atoms with Gasteiger partial charge in [-0.1, -0.05) is 39.8 Å². The van der Waals surface area contributed by atoms with Crippen molar-refractivity contribution in [2.24, 2.45) is 10.8 Å². The van der Waals surface area contributed by atoms with E-state index >= 15 is 0 Å². The second-order valence-electron chi connectivity index (χ2n) is 9.56. The number of rotatable bonds is 2. The van der Waals surface area contributed by atoms with E-state index in [-0.39, 0.29) is 10.8 Å². The van der Waals surface area contributed by atoms with Crippen molar-refractivity contribution in [3.8, 4) is 11.5 Å². The van der Waals surface area contributed by atoms with E-state index in [9.17, 15) is 0 Å². The fourth-order valence-electron chi connectivity index (χ4n) is 5.12. The van der Waals surface area contributed by atoms with Gasteiger partial charge in [0, 0.05) is 0 Å². The summed E-state index contributed by atoms with van der Waals surface area (Å²) in [6, 6.07) is 13.3. The van der Waals surface area contributed by atoms with E-state index in [0.29, 0.717) is 0 Å². The number of aryl methyl sites for hydroxylation is 2. The first-order valence-electron chi connectivity index (χ1n) is 10.4. The molecule has 0 unspecified atom stereocenters. The van der Waals surface area contributed by atoms with E-state index in [0.717, 1.165) is 37.2 Å². The van der Waals surface area contributed by atoms with Crippen molar-refractivity contribution in [2.45, 2.75) is 53.4 Å². The topological polar surface area (TPSA) is 18.5 Å². The minimum Gasteiger partial charge on any atom is -0.497 e. The Morgan fingerprint density at radius 1 is 0.643 bits per heavy atom. The molecule has 0 radical (unpaired) electrons. The van der Waals surface area contributed by atoms with Crippen LogP contribution in [0.3, 0.4) is 0 Å². The largest absolute Gasteiger partial charge is 0.497 e. The summed E-state index contributed by atoms with van der Waals surface area (Å²) in [6.45, 7) is 9.65. The lowest BCUT2D eigenvalue weighted by Crippen LogP contribution is -2.29. The molecule has 0 N–H and O–H groups in total. The van der Waals surface area contributed by atoms with Gasteiger partial charge in [0.05, 0.1) is 14.2 Å². The van der Waals surface area contributed by atoms with Crippen LogP contribution < -0.4 is 9.47 Å². The van der Waals surface area contributed by atoms with Crippen LogP contribution in [0.5, 0.6) is 11.5 Å². The smallest absolute Gasteiger partial charge is 0.119 e. The predicted octanol–water partition coefficient (Wildman–Crippen LogP) is 6.56. The second-order valence-corrected chi connectivity index (χ2v) is 9.56. The van der Waals surface area contributed by atoms with Crippen LogP contribution in [0.25, 0.3) is 11.1 Å².